The SMILES string of the molecule is C=C/C=c1/c(CC=C)c[nH]c1=C. The summed E-state index contributed by atoms with van der Waals surface area (Å²) in [5.74, 6) is 0. The van der Waals surface area contributed by atoms with Crippen LogP contribution in [0.2, 0.25) is 0 Å². The monoisotopic (exact) mass is 159 g/mol. The minimum Gasteiger partial charge on any atom is -0.361 e. The minimum absolute atomic E-state index is 0.867. The van der Waals surface area contributed by atoms with Gasteiger partial charge in [0.05, 0.1) is 0 Å². The highest BCUT2D eigenvalue weighted by Crippen LogP contribution is 1.88. The van der Waals surface area contributed by atoms with Crippen LogP contribution in [0.15, 0.2) is 31.5 Å². The Balaban J connectivity index is 3.30. The lowest BCUT2D eigenvalue weighted by molar-refractivity contribution is 1.26. The summed E-state index contributed by atoms with van der Waals surface area (Å²) in [5, 5.41) is 2.07. The summed E-state index contributed by atoms with van der Waals surface area (Å²) in [6.45, 7) is 11.2. The summed E-state index contributed by atoms with van der Waals surface area (Å²) in [4.78, 5) is 3.07. The molecule has 0 bridgehead atoms. The Labute approximate surface area is 72.4 Å². The number of rotatable bonds is 3. The van der Waals surface area contributed by atoms with E-state index in [4.69, 9.17) is 0 Å². The molecule has 62 valence electrons. The van der Waals surface area contributed by atoms with Gasteiger partial charge >= 0.3 is 0 Å². The van der Waals surface area contributed by atoms with E-state index in [1.807, 2.05) is 18.3 Å². The first-order valence-electron chi connectivity index (χ1n) is 3.88. The van der Waals surface area contributed by atoms with E-state index in [-0.39, 0.29) is 0 Å². The topological polar surface area (TPSA) is 15.8 Å². The average Bonchev–Trinajstić information content (AvgIpc) is 2.37. The van der Waals surface area contributed by atoms with Crippen molar-refractivity contribution in [2.75, 3.05) is 0 Å². The Bertz CT molecular complexity index is 382. The van der Waals surface area contributed by atoms with E-state index in [1.165, 1.54) is 5.56 Å². The average molecular weight is 159 g/mol. The molecule has 1 heterocycles. The number of aromatic nitrogens is 1. The van der Waals surface area contributed by atoms with Gasteiger partial charge in [-0.2, -0.15) is 0 Å². The number of allylic oxidation sites excluding steroid dienone is 2. The van der Waals surface area contributed by atoms with Crippen LogP contribution < -0.4 is 10.6 Å². The molecule has 0 unspecified atom stereocenters. The molecule has 1 nitrogen and oxygen atoms in total. The number of hydrogen-bond acceptors (Lipinski definition) is 0. The van der Waals surface area contributed by atoms with E-state index in [0.717, 1.165) is 17.0 Å². The molecular weight excluding hydrogens is 146 g/mol. The van der Waals surface area contributed by atoms with Gasteiger partial charge in [0, 0.05) is 16.8 Å². The number of aromatic amines is 1. The second-order valence-corrected chi connectivity index (χ2v) is 2.60. The molecule has 0 aromatic carbocycles. The molecule has 1 N–H and O–H groups in total. The normalized spacial score (nSPS) is 11.5. The molecule has 0 atom stereocenters. The van der Waals surface area contributed by atoms with Crippen LogP contribution in [0.4, 0.5) is 0 Å². The van der Waals surface area contributed by atoms with Crippen LogP contribution >= 0.6 is 0 Å². The molecule has 0 amide bonds. The Hall–Kier alpha value is -1.50. The summed E-state index contributed by atoms with van der Waals surface area (Å²) in [6, 6.07) is 0. The Kier molecular flexibility index (Phi) is 2.70. The number of H-pyrrole nitrogens is 1. The highest BCUT2D eigenvalue weighted by Gasteiger charge is 1.93. The van der Waals surface area contributed by atoms with Crippen LogP contribution in [-0.4, -0.2) is 4.98 Å². The molecule has 1 rings (SSSR count). The van der Waals surface area contributed by atoms with Crippen molar-refractivity contribution < 1.29 is 0 Å². The van der Waals surface area contributed by atoms with Gasteiger partial charge in [-0.15, -0.1) is 6.58 Å². The smallest absolute Gasteiger partial charge is 0.0383 e. The molecule has 0 aliphatic rings. The largest absolute Gasteiger partial charge is 0.361 e. The van der Waals surface area contributed by atoms with Gasteiger partial charge in [-0.1, -0.05) is 31.4 Å². The zero-order valence-corrected chi connectivity index (χ0v) is 7.14. The summed E-state index contributed by atoms with van der Waals surface area (Å²) < 4.78 is 0. The highest BCUT2D eigenvalue weighted by atomic mass is 14.6. The first kappa shape index (κ1) is 8.60. The van der Waals surface area contributed by atoms with E-state index in [0.29, 0.717) is 0 Å². The molecule has 0 radical (unpaired) electrons. The van der Waals surface area contributed by atoms with Crippen LogP contribution in [0.3, 0.4) is 0 Å². The molecule has 0 aliphatic heterocycles. The van der Waals surface area contributed by atoms with Crippen molar-refractivity contribution in [3.05, 3.63) is 47.6 Å². The second kappa shape index (κ2) is 3.77. The molecule has 0 aliphatic carbocycles. The summed E-state index contributed by atoms with van der Waals surface area (Å²) in [6.07, 6.45) is 8.43. The predicted octanol–water partition coefficient (Wildman–Crippen LogP) is 1.12. The molecule has 1 aromatic heterocycles. The van der Waals surface area contributed by atoms with Gasteiger partial charge < -0.3 is 4.98 Å². The van der Waals surface area contributed by atoms with Gasteiger partial charge in [0.25, 0.3) is 0 Å². The molecule has 0 spiro atoms. The quantitative estimate of drug-likeness (QED) is 0.636. The van der Waals surface area contributed by atoms with Crippen molar-refractivity contribution >= 4 is 12.7 Å². The Morgan fingerprint density at radius 3 is 2.75 bits per heavy atom. The lowest BCUT2D eigenvalue weighted by atomic mass is 10.2. The lowest BCUT2D eigenvalue weighted by Crippen LogP contribution is -2.22. The van der Waals surface area contributed by atoms with Gasteiger partial charge in [-0.05, 0) is 12.0 Å². The van der Waals surface area contributed by atoms with Crippen molar-refractivity contribution in [2.24, 2.45) is 0 Å². The summed E-state index contributed by atoms with van der Waals surface area (Å²) >= 11 is 0. The van der Waals surface area contributed by atoms with Gasteiger partial charge in [-0.3, -0.25) is 0 Å². The van der Waals surface area contributed by atoms with Crippen molar-refractivity contribution in [3.8, 4) is 0 Å². The summed E-state index contributed by atoms with van der Waals surface area (Å²) in [5.41, 5.74) is 1.22. The third kappa shape index (κ3) is 1.56. The van der Waals surface area contributed by atoms with E-state index in [1.54, 1.807) is 6.08 Å². The van der Waals surface area contributed by atoms with Gasteiger partial charge in [0.15, 0.2) is 0 Å². The minimum atomic E-state index is 0.867. The van der Waals surface area contributed by atoms with Crippen LogP contribution in [0.5, 0.6) is 0 Å². The van der Waals surface area contributed by atoms with Gasteiger partial charge in [0.2, 0.25) is 0 Å². The molecular formula is C11H13N. The van der Waals surface area contributed by atoms with E-state index in [2.05, 4.69) is 24.7 Å². The second-order valence-electron chi connectivity index (χ2n) is 2.60. The molecule has 0 saturated carbocycles. The molecule has 0 saturated heterocycles. The first-order chi connectivity index (χ1) is 5.79. The Morgan fingerprint density at radius 1 is 1.42 bits per heavy atom. The van der Waals surface area contributed by atoms with E-state index >= 15 is 0 Å². The molecule has 1 heteroatoms. The maximum atomic E-state index is 3.87. The lowest BCUT2D eigenvalue weighted by Gasteiger charge is -1.87. The van der Waals surface area contributed by atoms with Crippen molar-refractivity contribution in [1.29, 1.82) is 0 Å². The maximum absolute atomic E-state index is 3.87. The fourth-order valence-electron chi connectivity index (χ4n) is 1.17. The van der Waals surface area contributed by atoms with Crippen LogP contribution in [0.25, 0.3) is 12.7 Å². The van der Waals surface area contributed by atoms with Gasteiger partial charge in [0.1, 0.15) is 0 Å². The fraction of sp³-hybridized carbons (Fsp3) is 0.0909. The Morgan fingerprint density at radius 2 is 2.17 bits per heavy atom. The van der Waals surface area contributed by atoms with Crippen LogP contribution in [0.1, 0.15) is 5.56 Å². The molecule has 12 heavy (non-hydrogen) atoms. The molecule has 1 aromatic rings. The number of hydrogen-bond donors (Lipinski definition) is 1. The maximum Gasteiger partial charge on any atom is 0.0383 e. The van der Waals surface area contributed by atoms with Gasteiger partial charge in [-0.25, -0.2) is 0 Å². The third-order valence-corrected chi connectivity index (χ3v) is 1.74. The fourth-order valence-corrected chi connectivity index (χ4v) is 1.17. The van der Waals surface area contributed by atoms with E-state index < -0.39 is 0 Å². The third-order valence-electron chi connectivity index (χ3n) is 1.74. The van der Waals surface area contributed by atoms with Crippen molar-refractivity contribution in [1.82, 2.24) is 4.98 Å². The number of nitrogens with one attached hydrogen (secondary N) is 1. The van der Waals surface area contributed by atoms with Crippen LogP contribution in [0, 0.1) is 0 Å². The van der Waals surface area contributed by atoms with Crippen molar-refractivity contribution in [3.63, 3.8) is 0 Å². The zero-order chi connectivity index (χ0) is 8.97. The van der Waals surface area contributed by atoms with Crippen molar-refractivity contribution in [2.45, 2.75) is 6.42 Å². The molecule has 0 fully saturated rings. The summed E-state index contributed by atoms with van der Waals surface area (Å²) in [7, 11) is 0. The zero-order valence-electron chi connectivity index (χ0n) is 7.14. The predicted molar refractivity (Wildman–Crippen MR) is 54.1 cm³/mol. The standard InChI is InChI=1S/C11H13N/c1-4-6-10-8-12-9(3)11(10)7-5-2/h4-5,7-8,12H,1-3,6H2/b11-7+. The van der Waals surface area contributed by atoms with Crippen LogP contribution in [-0.2, 0) is 6.42 Å². The first-order valence-corrected chi connectivity index (χ1v) is 3.88. The highest BCUT2D eigenvalue weighted by molar-refractivity contribution is 5.39. The van der Waals surface area contributed by atoms with E-state index in [9.17, 15) is 0 Å².